The van der Waals surface area contributed by atoms with Crippen LogP contribution in [0.2, 0.25) is 0 Å². The van der Waals surface area contributed by atoms with Gasteiger partial charge in [0.25, 0.3) is 0 Å². The largest absolute Gasteiger partial charge is 0.375 e. The number of fused-ring (bicyclic) bond motifs is 1. The van der Waals surface area contributed by atoms with Crippen molar-refractivity contribution >= 4 is 43.9 Å². The van der Waals surface area contributed by atoms with E-state index in [0.29, 0.717) is 0 Å². The van der Waals surface area contributed by atoms with Crippen molar-refractivity contribution in [1.82, 2.24) is 9.97 Å². The molecule has 3 nitrogen and oxygen atoms in total. The minimum Gasteiger partial charge on any atom is -0.375 e. The quantitative estimate of drug-likeness (QED) is 0.692. The lowest BCUT2D eigenvalue weighted by Gasteiger charge is -2.15. The highest BCUT2D eigenvalue weighted by Gasteiger charge is 2.14. The van der Waals surface area contributed by atoms with Gasteiger partial charge in [0, 0.05) is 20.9 Å². The summed E-state index contributed by atoms with van der Waals surface area (Å²) in [5.74, 6) is 0. The average Bonchev–Trinajstić information content (AvgIpc) is 2.77. The summed E-state index contributed by atoms with van der Waals surface area (Å²) in [6, 6.07) is 8.42. The third kappa shape index (κ3) is 2.94. The fourth-order valence-corrected chi connectivity index (χ4v) is 3.76. The van der Waals surface area contributed by atoms with Gasteiger partial charge in [-0.05, 0) is 48.8 Å². The lowest BCUT2D eigenvalue weighted by atomic mass is 10.1. The molecule has 2 heterocycles. The predicted molar refractivity (Wildman–Crippen MR) is 93.1 cm³/mol. The first-order valence-corrected chi connectivity index (χ1v) is 8.40. The van der Waals surface area contributed by atoms with E-state index >= 15 is 0 Å². The van der Waals surface area contributed by atoms with Crippen LogP contribution in [0, 0.1) is 13.8 Å². The maximum absolute atomic E-state index is 4.63. The molecular formula is C16H16BrN3S. The molecule has 1 aromatic carbocycles. The highest BCUT2D eigenvalue weighted by Crippen LogP contribution is 2.29. The van der Waals surface area contributed by atoms with Gasteiger partial charge in [-0.3, -0.25) is 4.98 Å². The second-order valence-electron chi connectivity index (χ2n) is 5.07. The standard InChI is InChI=1S/C16H16BrN3S/c1-9(15-10(2)21-11(3)20-15)19-14-6-4-5-12-7-13(17)8-18-16(12)14/h4-9,19H,1-3H3. The molecule has 0 aliphatic rings. The van der Waals surface area contributed by atoms with Crippen molar-refractivity contribution in [2.45, 2.75) is 26.8 Å². The molecule has 1 unspecified atom stereocenters. The van der Waals surface area contributed by atoms with E-state index in [9.17, 15) is 0 Å². The fraction of sp³-hybridized carbons (Fsp3) is 0.250. The number of benzene rings is 1. The first kappa shape index (κ1) is 14.5. The summed E-state index contributed by atoms with van der Waals surface area (Å²) in [5, 5.41) is 5.77. The molecule has 3 rings (SSSR count). The number of hydrogen-bond acceptors (Lipinski definition) is 4. The molecule has 1 N–H and O–H groups in total. The maximum Gasteiger partial charge on any atom is 0.0934 e. The SMILES string of the molecule is Cc1nc(C(C)Nc2cccc3cc(Br)cnc23)c(C)s1. The minimum atomic E-state index is 0.158. The Kier molecular flexibility index (Phi) is 3.95. The molecule has 0 saturated heterocycles. The van der Waals surface area contributed by atoms with Gasteiger partial charge in [0.15, 0.2) is 0 Å². The first-order valence-electron chi connectivity index (χ1n) is 6.79. The van der Waals surface area contributed by atoms with Gasteiger partial charge in [0.1, 0.15) is 0 Å². The molecule has 0 amide bonds. The maximum atomic E-state index is 4.63. The van der Waals surface area contributed by atoms with Gasteiger partial charge in [-0.25, -0.2) is 4.98 Å². The zero-order chi connectivity index (χ0) is 15.0. The van der Waals surface area contributed by atoms with Gasteiger partial charge in [-0.1, -0.05) is 12.1 Å². The van der Waals surface area contributed by atoms with E-state index in [1.54, 1.807) is 11.3 Å². The Morgan fingerprint density at radius 2 is 2.10 bits per heavy atom. The number of nitrogens with zero attached hydrogens (tertiary/aromatic N) is 2. The second kappa shape index (κ2) is 5.73. The van der Waals surface area contributed by atoms with Crippen molar-refractivity contribution in [2.24, 2.45) is 0 Å². The lowest BCUT2D eigenvalue weighted by Crippen LogP contribution is -2.09. The van der Waals surface area contributed by atoms with E-state index in [1.807, 2.05) is 19.2 Å². The van der Waals surface area contributed by atoms with Crippen LogP contribution in [-0.4, -0.2) is 9.97 Å². The van der Waals surface area contributed by atoms with Gasteiger partial charge < -0.3 is 5.32 Å². The molecule has 0 spiro atoms. The van der Waals surface area contributed by atoms with Crippen molar-refractivity contribution in [3.8, 4) is 0 Å². The smallest absolute Gasteiger partial charge is 0.0934 e. The monoisotopic (exact) mass is 361 g/mol. The topological polar surface area (TPSA) is 37.8 Å². The van der Waals surface area contributed by atoms with Crippen LogP contribution in [0.4, 0.5) is 5.69 Å². The van der Waals surface area contributed by atoms with Crippen LogP contribution in [0.25, 0.3) is 10.9 Å². The number of aromatic nitrogens is 2. The van der Waals surface area contributed by atoms with Crippen LogP contribution in [0.1, 0.15) is 28.5 Å². The summed E-state index contributed by atoms with van der Waals surface area (Å²) in [7, 11) is 0. The van der Waals surface area contributed by atoms with E-state index in [1.165, 1.54) is 4.88 Å². The van der Waals surface area contributed by atoms with Crippen molar-refractivity contribution in [1.29, 1.82) is 0 Å². The molecule has 0 bridgehead atoms. The molecule has 1 atom stereocenters. The van der Waals surface area contributed by atoms with Crippen molar-refractivity contribution < 1.29 is 0 Å². The molecule has 0 aliphatic carbocycles. The summed E-state index contributed by atoms with van der Waals surface area (Å²) in [4.78, 5) is 10.4. The summed E-state index contributed by atoms with van der Waals surface area (Å²) in [5.41, 5.74) is 3.14. The molecule has 0 saturated carbocycles. The molecule has 2 aromatic heterocycles. The predicted octanol–water partition coefficient (Wildman–Crippen LogP) is 5.24. The Balaban J connectivity index is 1.96. The number of nitrogens with one attached hydrogen (secondary N) is 1. The van der Waals surface area contributed by atoms with E-state index in [-0.39, 0.29) is 6.04 Å². The Morgan fingerprint density at radius 1 is 1.29 bits per heavy atom. The number of para-hydroxylation sites is 1. The Labute approximate surface area is 136 Å². The lowest BCUT2D eigenvalue weighted by molar-refractivity contribution is 0.838. The minimum absolute atomic E-state index is 0.158. The highest BCUT2D eigenvalue weighted by molar-refractivity contribution is 9.10. The van der Waals surface area contributed by atoms with Crippen LogP contribution in [0.15, 0.2) is 34.9 Å². The molecule has 108 valence electrons. The number of thiazole rings is 1. The van der Waals surface area contributed by atoms with Crippen LogP contribution in [0.5, 0.6) is 0 Å². The van der Waals surface area contributed by atoms with Crippen LogP contribution >= 0.6 is 27.3 Å². The van der Waals surface area contributed by atoms with E-state index < -0.39 is 0 Å². The van der Waals surface area contributed by atoms with Crippen LogP contribution in [-0.2, 0) is 0 Å². The fourth-order valence-electron chi connectivity index (χ4n) is 2.50. The highest BCUT2D eigenvalue weighted by atomic mass is 79.9. The van der Waals surface area contributed by atoms with Gasteiger partial charge >= 0.3 is 0 Å². The number of hydrogen-bond donors (Lipinski definition) is 1. The number of halogens is 1. The van der Waals surface area contributed by atoms with E-state index in [0.717, 1.165) is 31.8 Å². The Hall–Kier alpha value is -1.46. The zero-order valence-corrected chi connectivity index (χ0v) is 14.5. The van der Waals surface area contributed by atoms with Gasteiger partial charge in [0.2, 0.25) is 0 Å². The number of rotatable bonds is 3. The first-order chi connectivity index (χ1) is 10.0. The van der Waals surface area contributed by atoms with Crippen molar-refractivity contribution in [2.75, 3.05) is 5.32 Å². The second-order valence-corrected chi connectivity index (χ2v) is 7.39. The normalized spacial score (nSPS) is 12.6. The number of pyridine rings is 1. The molecule has 3 aromatic rings. The Bertz CT molecular complexity index is 797. The number of anilines is 1. The van der Waals surface area contributed by atoms with E-state index in [2.05, 4.69) is 63.3 Å². The third-order valence-corrected chi connectivity index (χ3v) is 4.73. The summed E-state index contributed by atoms with van der Waals surface area (Å²) in [6.07, 6.45) is 1.83. The average molecular weight is 362 g/mol. The van der Waals surface area contributed by atoms with Crippen LogP contribution in [0.3, 0.4) is 0 Å². The van der Waals surface area contributed by atoms with Gasteiger partial charge in [-0.2, -0.15) is 0 Å². The third-order valence-electron chi connectivity index (χ3n) is 3.40. The molecule has 21 heavy (non-hydrogen) atoms. The van der Waals surface area contributed by atoms with Gasteiger partial charge in [-0.15, -0.1) is 11.3 Å². The van der Waals surface area contributed by atoms with Crippen molar-refractivity contribution in [3.05, 3.63) is 50.5 Å². The van der Waals surface area contributed by atoms with Crippen molar-refractivity contribution in [3.63, 3.8) is 0 Å². The summed E-state index contributed by atoms with van der Waals surface area (Å²) >= 11 is 5.21. The molecule has 0 aliphatic heterocycles. The summed E-state index contributed by atoms with van der Waals surface area (Å²) in [6.45, 7) is 6.31. The van der Waals surface area contributed by atoms with Crippen LogP contribution < -0.4 is 5.32 Å². The Morgan fingerprint density at radius 3 is 2.81 bits per heavy atom. The molecule has 0 fully saturated rings. The van der Waals surface area contributed by atoms with Gasteiger partial charge in [0.05, 0.1) is 27.9 Å². The molecule has 5 heteroatoms. The van der Waals surface area contributed by atoms with E-state index in [4.69, 9.17) is 0 Å². The zero-order valence-electron chi connectivity index (χ0n) is 12.1. The molecule has 0 radical (unpaired) electrons. The molecular weight excluding hydrogens is 346 g/mol. The number of aryl methyl sites for hydroxylation is 2. The summed E-state index contributed by atoms with van der Waals surface area (Å²) < 4.78 is 0.992.